The topological polar surface area (TPSA) is 69.6 Å². The monoisotopic (exact) mass is 661 g/mol. The lowest BCUT2D eigenvalue weighted by atomic mass is 10.2. The van der Waals surface area contributed by atoms with E-state index < -0.39 is 0 Å². The molecule has 39 heavy (non-hydrogen) atoms. The average molecular weight is 664 g/mol. The van der Waals surface area contributed by atoms with Crippen molar-refractivity contribution in [1.29, 1.82) is 0 Å². The second-order valence-corrected chi connectivity index (χ2v) is 11.0. The quantitative estimate of drug-likeness (QED) is 0.168. The van der Waals surface area contributed by atoms with Crippen LogP contribution in [0, 0.1) is 0 Å². The van der Waals surface area contributed by atoms with E-state index in [1.807, 2.05) is 54.6 Å². The van der Waals surface area contributed by atoms with Gasteiger partial charge >= 0.3 is 0 Å². The number of hydrogen-bond acceptors (Lipinski definition) is 5. The van der Waals surface area contributed by atoms with Crippen LogP contribution in [-0.4, -0.2) is 15.9 Å². The van der Waals surface area contributed by atoms with Crippen LogP contribution < -0.4 is 10.3 Å². The number of nitrogens with zero attached hydrogens (tertiary/aromatic N) is 3. The molecule has 2 aromatic heterocycles. The summed E-state index contributed by atoms with van der Waals surface area (Å²) in [5, 5.41) is 6.39. The maximum atomic E-state index is 13.6. The van der Waals surface area contributed by atoms with E-state index >= 15 is 0 Å². The smallest absolute Gasteiger partial charge is 0.282 e. The Morgan fingerprint density at radius 2 is 1.74 bits per heavy atom. The molecule has 4 aromatic carbocycles. The minimum atomic E-state index is -0.326. The summed E-state index contributed by atoms with van der Waals surface area (Å²) in [5.41, 5.74) is 2.51. The Morgan fingerprint density at radius 1 is 0.949 bits per heavy atom. The van der Waals surface area contributed by atoms with Crippen molar-refractivity contribution in [3.8, 4) is 17.3 Å². The highest BCUT2D eigenvalue weighted by atomic mass is 79.9. The standard InChI is InChI=1S/C30H18Br2ClN3O3/c31-21-7-5-18(6-8-21)17-38-26-12-10-23(33)14-20(26)16-34-36-29(35-25-4-2-1-3-24(25)30(36)37)28-15-19-13-22(32)9-11-27(19)39-28/h1-16H,17H2. The molecule has 0 aliphatic heterocycles. The van der Waals surface area contributed by atoms with Crippen LogP contribution in [0.2, 0.25) is 5.02 Å². The van der Waals surface area contributed by atoms with Crippen LogP contribution in [0.3, 0.4) is 0 Å². The Balaban J connectivity index is 1.44. The minimum Gasteiger partial charge on any atom is -0.488 e. The van der Waals surface area contributed by atoms with Crippen molar-refractivity contribution in [3.05, 3.63) is 126 Å². The lowest BCUT2D eigenvalue weighted by Crippen LogP contribution is -2.20. The molecule has 9 heteroatoms. The number of ether oxygens (including phenoxy) is 1. The Kier molecular flexibility index (Phi) is 7.08. The van der Waals surface area contributed by atoms with Gasteiger partial charge in [-0.05, 0) is 72.3 Å². The third-order valence-corrected chi connectivity index (χ3v) is 7.30. The molecule has 0 saturated heterocycles. The summed E-state index contributed by atoms with van der Waals surface area (Å²) >= 11 is 13.2. The molecule has 192 valence electrons. The molecule has 0 unspecified atom stereocenters. The molecule has 0 N–H and O–H groups in total. The highest BCUT2D eigenvalue weighted by Crippen LogP contribution is 2.29. The number of para-hydroxylation sites is 1. The molecule has 0 atom stereocenters. The summed E-state index contributed by atoms with van der Waals surface area (Å²) < 4.78 is 15.3. The molecule has 6 nitrogen and oxygen atoms in total. The second-order valence-electron chi connectivity index (χ2n) is 8.70. The first kappa shape index (κ1) is 25.6. The number of aromatic nitrogens is 2. The second kappa shape index (κ2) is 10.8. The fourth-order valence-electron chi connectivity index (χ4n) is 4.13. The van der Waals surface area contributed by atoms with Gasteiger partial charge < -0.3 is 9.15 Å². The van der Waals surface area contributed by atoms with Crippen molar-refractivity contribution in [1.82, 2.24) is 9.66 Å². The van der Waals surface area contributed by atoms with E-state index in [0.29, 0.717) is 45.2 Å². The van der Waals surface area contributed by atoms with Gasteiger partial charge in [0.05, 0.1) is 17.1 Å². The maximum Gasteiger partial charge on any atom is 0.282 e. The fraction of sp³-hybridized carbons (Fsp3) is 0.0333. The number of furan rings is 1. The van der Waals surface area contributed by atoms with Crippen LogP contribution in [0.15, 0.2) is 114 Å². The van der Waals surface area contributed by atoms with Gasteiger partial charge in [-0.25, -0.2) is 4.98 Å². The van der Waals surface area contributed by atoms with Crippen LogP contribution >= 0.6 is 43.5 Å². The Bertz CT molecular complexity index is 1930. The van der Waals surface area contributed by atoms with Crippen molar-refractivity contribution in [3.63, 3.8) is 0 Å². The first-order chi connectivity index (χ1) is 18.9. The molecule has 0 radical (unpaired) electrons. The number of fused-ring (bicyclic) bond motifs is 2. The molecular weight excluding hydrogens is 646 g/mol. The van der Waals surface area contributed by atoms with Crippen LogP contribution in [0.1, 0.15) is 11.1 Å². The van der Waals surface area contributed by atoms with Gasteiger partial charge in [-0.2, -0.15) is 9.78 Å². The normalized spacial score (nSPS) is 11.6. The van der Waals surface area contributed by atoms with Crippen molar-refractivity contribution < 1.29 is 9.15 Å². The van der Waals surface area contributed by atoms with E-state index in [2.05, 4.69) is 37.0 Å². The molecule has 0 aliphatic carbocycles. The highest BCUT2D eigenvalue weighted by Gasteiger charge is 2.17. The Hall–Kier alpha value is -3.72. The molecule has 0 saturated carbocycles. The highest BCUT2D eigenvalue weighted by molar-refractivity contribution is 9.10. The zero-order chi connectivity index (χ0) is 26.9. The summed E-state index contributed by atoms with van der Waals surface area (Å²) in [4.78, 5) is 18.3. The molecule has 0 aliphatic rings. The van der Waals surface area contributed by atoms with Crippen molar-refractivity contribution in [2.45, 2.75) is 6.61 Å². The van der Waals surface area contributed by atoms with Crippen LogP contribution in [0.4, 0.5) is 0 Å². The molecule has 6 aromatic rings. The Labute approximate surface area is 244 Å². The number of hydrogen-bond donors (Lipinski definition) is 0. The van der Waals surface area contributed by atoms with Gasteiger partial charge in [0.1, 0.15) is 17.9 Å². The van der Waals surface area contributed by atoms with Gasteiger partial charge in [-0.3, -0.25) is 4.79 Å². The van der Waals surface area contributed by atoms with Gasteiger partial charge in [-0.1, -0.05) is 67.7 Å². The lowest BCUT2D eigenvalue weighted by molar-refractivity contribution is 0.306. The molecule has 0 bridgehead atoms. The van der Waals surface area contributed by atoms with Gasteiger partial charge in [0.15, 0.2) is 5.76 Å². The van der Waals surface area contributed by atoms with Crippen molar-refractivity contribution in [2.75, 3.05) is 0 Å². The van der Waals surface area contributed by atoms with Gasteiger partial charge in [0.2, 0.25) is 5.82 Å². The largest absolute Gasteiger partial charge is 0.488 e. The lowest BCUT2D eigenvalue weighted by Gasteiger charge is -2.11. The molecule has 2 heterocycles. The zero-order valence-corrected chi connectivity index (χ0v) is 24.1. The van der Waals surface area contributed by atoms with Gasteiger partial charge in [-0.15, -0.1) is 0 Å². The summed E-state index contributed by atoms with van der Waals surface area (Å²) in [6.45, 7) is 0.354. The van der Waals surface area contributed by atoms with E-state index in [1.165, 1.54) is 4.68 Å². The molecule has 0 spiro atoms. The van der Waals surface area contributed by atoms with E-state index in [9.17, 15) is 4.79 Å². The summed E-state index contributed by atoms with van der Waals surface area (Å²) in [5.74, 6) is 1.27. The first-order valence-electron chi connectivity index (χ1n) is 11.9. The van der Waals surface area contributed by atoms with Crippen molar-refractivity contribution in [2.24, 2.45) is 5.10 Å². The van der Waals surface area contributed by atoms with Gasteiger partial charge in [0.25, 0.3) is 5.56 Å². The van der Waals surface area contributed by atoms with Crippen molar-refractivity contribution >= 4 is 71.5 Å². The van der Waals surface area contributed by atoms with E-state index in [-0.39, 0.29) is 11.4 Å². The van der Waals surface area contributed by atoms with E-state index in [4.69, 9.17) is 25.7 Å². The number of benzene rings is 4. The predicted molar refractivity (Wildman–Crippen MR) is 162 cm³/mol. The molecule has 0 amide bonds. The summed E-state index contributed by atoms with van der Waals surface area (Å²) in [7, 11) is 0. The third kappa shape index (κ3) is 5.41. The summed E-state index contributed by atoms with van der Waals surface area (Å²) in [6.07, 6.45) is 1.55. The zero-order valence-electron chi connectivity index (χ0n) is 20.1. The SMILES string of the molecule is O=c1c2ccccc2nc(-c2cc3cc(Br)ccc3o2)n1N=Cc1cc(Cl)ccc1OCc1ccc(Br)cc1. The Morgan fingerprint density at radius 3 is 2.59 bits per heavy atom. The maximum absolute atomic E-state index is 13.6. The third-order valence-electron chi connectivity index (χ3n) is 6.04. The average Bonchev–Trinajstić information content (AvgIpc) is 3.36. The van der Waals surface area contributed by atoms with E-state index in [1.54, 1.807) is 42.6 Å². The minimum absolute atomic E-state index is 0.279. The van der Waals surface area contributed by atoms with Crippen LogP contribution in [-0.2, 0) is 6.61 Å². The van der Waals surface area contributed by atoms with Gasteiger partial charge in [0, 0.05) is 24.9 Å². The molecule has 6 rings (SSSR count). The predicted octanol–water partition coefficient (Wildman–Crippen LogP) is 8.45. The number of rotatable bonds is 6. The molecule has 0 fully saturated rings. The number of halogens is 3. The molecular formula is C30H18Br2ClN3O3. The fourth-order valence-corrected chi connectivity index (χ4v) is 4.95. The summed E-state index contributed by atoms with van der Waals surface area (Å²) in [6, 6.07) is 27.8. The van der Waals surface area contributed by atoms with Crippen LogP contribution in [0.25, 0.3) is 33.5 Å². The van der Waals surface area contributed by atoms with E-state index in [0.717, 1.165) is 19.9 Å². The first-order valence-corrected chi connectivity index (χ1v) is 13.8. The van der Waals surface area contributed by atoms with Crippen LogP contribution in [0.5, 0.6) is 5.75 Å².